The number of carbonyl (C=O) groups is 2. The highest BCUT2D eigenvalue weighted by Crippen LogP contribution is 2.29. The van der Waals surface area contributed by atoms with Crippen molar-refractivity contribution in [3.05, 3.63) is 99.5 Å². The first-order valence-corrected chi connectivity index (χ1v) is 11.7. The van der Waals surface area contributed by atoms with Crippen molar-refractivity contribution in [1.29, 1.82) is 0 Å². The third-order valence-electron chi connectivity index (χ3n) is 6.79. The largest absolute Gasteiger partial charge is 0.503 e. The van der Waals surface area contributed by atoms with Gasteiger partial charge in [0.25, 0.3) is 11.8 Å². The molecule has 1 aromatic heterocycles. The highest BCUT2D eigenvalue weighted by atomic mass is 16.5. The average Bonchev–Trinajstić information content (AvgIpc) is 2.87. The van der Waals surface area contributed by atoms with Gasteiger partial charge in [-0.3, -0.25) is 14.4 Å². The number of pyridine rings is 1. The Kier molecular flexibility index (Phi) is 6.13. The summed E-state index contributed by atoms with van der Waals surface area (Å²) in [6, 6.07) is 19.5. The van der Waals surface area contributed by atoms with Gasteiger partial charge >= 0.3 is 0 Å². The van der Waals surface area contributed by atoms with E-state index in [0.29, 0.717) is 13.0 Å². The monoisotopic (exact) mass is 473 g/mol. The predicted octanol–water partition coefficient (Wildman–Crippen LogP) is 2.71. The van der Waals surface area contributed by atoms with Crippen LogP contribution in [0.2, 0.25) is 0 Å². The van der Waals surface area contributed by atoms with Crippen molar-refractivity contribution in [2.24, 2.45) is 0 Å². The number of carbonyl (C=O) groups excluding carboxylic acids is 2. The van der Waals surface area contributed by atoms with E-state index >= 15 is 0 Å². The molecule has 3 aromatic rings. The van der Waals surface area contributed by atoms with Crippen molar-refractivity contribution in [3.8, 4) is 5.75 Å². The number of rotatable bonds is 5. The second-order valence-electron chi connectivity index (χ2n) is 8.98. The molecule has 1 fully saturated rings. The zero-order chi connectivity index (χ0) is 24.5. The Morgan fingerprint density at radius 1 is 1.09 bits per heavy atom. The van der Waals surface area contributed by atoms with E-state index in [0.717, 1.165) is 11.1 Å². The van der Waals surface area contributed by atoms with Gasteiger partial charge in [-0.25, -0.2) is 0 Å². The molecule has 0 bridgehead atoms. The summed E-state index contributed by atoms with van der Waals surface area (Å²) in [7, 11) is 0. The van der Waals surface area contributed by atoms with Crippen LogP contribution in [-0.2, 0) is 11.3 Å². The highest BCUT2D eigenvalue weighted by Gasteiger charge is 2.41. The van der Waals surface area contributed by atoms with Crippen LogP contribution in [0.4, 0.5) is 0 Å². The van der Waals surface area contributed by atoms with Gasteiger partial charge in [0.15, 0.2) is 17.7 Å². The Morgan fingerprint density at radius 3 is 2.34 bits per heavy atom. The van der Waals surface area contributed by atoms with Crippen LogP contribution < -0.4 is 10.7 Å². The number of aromatic hydroxyl groups is 1. The summed E-state index contributed by atoms with van der Waals surface area (Å²) in [4.78, 5) is 40.7. The molecule has 35 heavy (non-hydrogen) atoms. The molecule has 0 radical (unpaired) electrons. The molecular formula is C27H27N3O5. The Labute approximate surface area is 202 Å². The number of nitrogens with one attached hydrogen (secondary N) is 1. The number of nitrogens with zero attached hydrogens (tertiary/aromatic N) is 2. The number of fused-ring (bicyclic) bond motifs is 2. The van der Waals surface area contributed by atoms with Gasteiger partial charge in [0, 0.05) is 24.7 Å². The first kappa shape index (κ1) is 22.9. The summed E-state index contributed by atoms with van der Waals surface area (Å²) < 4.78 is 7.21. The molecule has 2 amide bonds. The molecule has 0 aliphatic carbocycles. The van der Waals surface area contributed by atoms with Crippen molar-refractivity contribution in [2.75, 3.05) is 13.2 Å². The fourth-order valence-electron chi connectivity index (χ4n) is 4.91. The predicted molar refractivity (Wildman–Crippen MR) is 129 cm³/mol. The van der Waals surface area contributed by atoms with Gasteiger partial charge in [0.05, 0.1) is 13.2 Å². The van der Waals surface area contributed by atoms with E-state index in [1.165, 1.54) is 10.8 Å². The number of aromatic nitrogens is 1. The second-order valence-corrected chi connectivity index (χ2v) is 8.98. The van der Waals surface area contributed by atoms with Crippen molar-refractivity contribution in [3.63, 3.8) is 0 Å². The molecule has 0 unspecified atom stereocenters. The standard InChI is InChI=1S/C27H27N3O5/c1-17-12-13-35-22-16-29-15-21(24(31)25(32)23(29)27(34)30(17)22)26(33)28-14-20(18-8-4-2-5-9-18)19-10-6-3-7-11-19/h2-11,15,17,20,22,32H,12-14,16H2,1H3,(H,28,33)/t17-,22+/m1/s1. The van der Waals surface area contributed by atoms with E-state index in [1.54, 1.807) is 4.90 Å². The van der Waals surface area contributed by atoms with Crippen molar-refractivity contribution < 1.29 is 19.4 Å². The van der Waals surface area contributed by atoms with E-state index < -0.39 is 29.2 Å². The van der Waals surface area contributed by atoms with E-state index in [-0.39, 0.29) is 36.3 Å². The summed E-state index contributed by atoms with van der Waals surface area (Å²) in [5.41, 5.74) is 0.876. The van der Waals surface area contributed by atoms with Crippen LogP contribution in [0.5, 0.6) is 5.75 Å². The van der Waals surface area contributed by atoms with Crippen molar-refractivity contribution in [2.45, 2.75) is 38.1 Å². The van der Waals surface area contributed by atoms with Crippen LogP contribution in [0.25, 0.3) is 0 Å². The lowest BCUT2D eigenvalue weighted by Crippen LogP contribution is -2.57. The Hall–Kier alpha value is -3.91. The number of hydrogen-bond acceptors (Lipinski definition) is 5. The van der Waals surface area contributed by atoms with Crippen molar-refractivity contribution >= 4 is 11.8 Å². The lowest BCUT2D eigenvalue weighted by Gasteiger charge is -2.44. The summed E-state index contributed by atoms with van der Waals surface area (Å²) in [6.07, 6.45) is 1.53. The Balaban J connectivity index is 1.43. The SMILES string of the molecule is C[C@@H]1CCO[C@H]2Cn3cc(C(=O)NCC(c4ccccc4)c4ccccc4)c(=O)c(O)c3C(=O)N12. The molecule has 2 N–H and O–H groups in total. The normalized spacial score (nSPS) is 19.3. The van der Waals surface area contributed by atoms with Gasteiger partial charge in [0.2, 0.25) is 5.43 Å². The molecule has 2 aliphatic heterocycles. The number of amides is 2. The quantitative estimate of drug-likeness (QED) is 0.594. The third kappa shape index (κ3) is 4.21. The minimum Gasteiger partial charge on any atom is -0.503 e. The van der Waals surface area contributed by atoms with Gasteiger partial charge < -0.3 is 24.6 Å². The summed E-state index contributed by atoms with van der Waals surface area (Å²) in [6.45, 7) is 2.92. The zero-order valence-electron chi connectivity index (χ0n) is 19.4. The molecule has 180 valence electrons. The number of ether oxygens (including phenoxy) is 1. The molecule has 8 heteroatoms. The lowest BCUT2D eigenvalue weighted by molar-refractivity contribution is -0.112. The molecule has 0 spiro atoms. The Bertz CT molecular complexity index is 1270. The molecular weight excluding hydrogens is 446 g/mol. The maximum absolute atomic E-state index is 13.1. The maximum Gasteiger partial charge on any atom is 0.276 e. The molecule has 2 aromatic carbocycles. The van der Waals surface area contributed by atoms with Crippen LogP contribution in [0.1, 0.15) is 51.2 Å². The van der Waals surface area contributed by atoms with Crippen LogP contribution in [-0.4, -0.2) is 51.8 Å². The molecule has 3 heterocycles. The van der Waals surface area contributed by atoms with Gasteiger partial charge in [-0.15, -0.1) is 0 Å². The van der Waals surface area contributed by atoms with E-state index in [1.807, 2.05) is 67.6 Å². The fourth-order valence-corrected chi connectivity index (χ4v) is 4.91. The van der Waals surface area contributed by atoms with Gasteiger partial charge in [-0.2, -0.15) is 0 Å². The maximum atomic E-state index is 13.1. The third-order valence-corrected chi connectivity index (χ3v) is 6.79. The van der Waals surface area contributed by atoms with Crippen LogP contribution in [0, 0.1) is 0 Å². The number of benzene rings is 2. The van der Waals surface area contributed by atoms with Gasteiger partial charge in [-0.1, -0.05) is 60.7 Å². The second kappa shape index (κ2) is 9.38. The minimum atomic E-state index is -0.859. The van der Waals surface area contributed by atoms with Crippen LogP contribution in [0.3, 0.4) is 0 Å². The van der Waals surface area contributed by atoms with E-state index in [2.05, 4.69) is 5.32 Å². The van der Waals surface area contributed by atoms with Crippen LogP contribution >= 0.6 is 0 Å². The first-order chi connectivity index (χ1) is 17.0. The molecule has 1 saturated heterocycles. The van der Waals surface area contributed by atoms with Crippen molar-refractivity contribution in [1.82, 2.24) is 14.8 Å². The molecule has 2 aliphatic rings. The topological polar surface area (TPSA) is 101 Å². The first-order valence-electron chi connectivity index (χ1n) is 11.7. The Morgan fingerprint density at radius 2 is 1.71 bits per heavy atom. The van der Waals surface area contributed by atoms with Gasteiger partial charge in [-0.05, 0) is 24.5 Å². The van der Waals surface area contributed by atoms with Gasteiger partial charge in [0.1, 0.15) is 5.56 Å². The highest BCUT2D eigenvalue weighted by molar-refractivity contribution is 5.99. The molecule has 0 saturated carbocycles. The van der Waals surface area contributed by atoms with Crippen LogP contribution in [0.15, 0.2) is 71.7 Å². The summed E-state index contributed by atoms with van der Waals surface area (Å²) >= 11 is 0. The average molecular weight is 474 g/mol. The van der Waals surface area contributed by atoms with E-state index in [9.17, 15) is 19.5 Å². The molecule has 5 rings (SSSR count). The zero-order valence-corrected chi connectivity index (χ0v) is 19.4. The number of hydrogen-bond donors (Lipinski definition) is 2. The lowest BCUT2D eigenvalue weighted by atomic mass is 9.91. The smallest absolute Gasteiger partial charge is 0.276 e. The molecule has 8 nitrogen and oxygen atoms in total. The fraction of sp³-hybridized carbons (Fsp3) is 0.296. The van der Waals surface area contributed by atoms with E-state index in [4.69, 9.17) is 4.74 Å². The minimum absolute atomic E-state index is 0.0691. The summed E-state index contributed by atoms with van der Waals surface area (Å²) in [5, 5.41) is 13.5. The summed E-state index contributed by atoms with van der Waals surface area (Å²) in [5.74, 6) is -1.90. The molecule has 2 atom stereocenters.